The van der Waals surface area contributed by atoms with Gasteiger partial charge in [0.05, 0.1) is 108 Å². The van der Waals surface area contributed by atoms with Crippen molar-refractivity contribution in [2.45, 2.75) is 299 Å². The first-order valence-electron chi connectivity index (χ1n) is 53.1. The molecule has 6 heterocycles. The van der Waals surface area contributed by atoms with Gasteiger partial charge in [-0.1, -0.05) is 195 Å². The Labute approximate surface area is 869 Å². The first kappa shape index (κ1) is 114. The number of nitrogens with one attached hydrogen (secondary N) is 11. The zero-order chi connectivity index (χ0) is 106. The molecule has 9 aliphatic rings. The number of rotatable bonds is 31. The molecular formula is C110H146N14O25. The van der Waals surface area contributed by atoms with Crippen molar-refractivity contribution in [3.63, 3.8) is 0 Å². The maximum atomic E-state index is 14.5. The van der Waals surface area contributed by atoms with Gasteiger partial charge in [-0.3, -0.25) is 86.3 Å². The second-order valence-electron chi connectivity index (χ2n) is 39.7. The standard InChI is InChI=1S/2C39H51N5O8.C32H44N4O9/c2*1-2-11-31(36(47)38(49)41-24-34(46)40-23-26-12-5-3-6-13-26)42-37(48)32-22-30-25-44(32)39(50)35(28-15-7-4-8-16-28)43-33(45)21-27-14-9-17-29(20-27)51-18-10-19-52-30;1-2-8-24(29(40)31(42)33-18-27(38)39)34-30(41)25-17-23-19-36(25)32(43)28(21-10-4-3-5-11-21)35-26(37)16-20-9-6-12-22(15-20)44-13-7-14-45-23/h2*3,5-6,9,12-14,17,20,28,30-32,35H,2,4,7-8,10-11,15-16,18-19,21-25H2,1H3,(H,40,46)(H,41,49)(H,42,48)(H,43,45);6,9,12,15,21,23-25,28H,2-5,7-8,10-11,13-14,16-19H2,1H3,(H,33,42)(H,34,41)(H,35,37)(H,38,39)/t2*30-,31?,32+,35+;23-,24?,25+,28+/m111/s1. The van der Waals surface area contributed by atoms with Crippen LogP contribution in [0.5, 0.6) is 17.2 Å². The van der Waals surface area contributed by atoms with E-state index in [1.807, 2.05) is 153 Å². The number of amides is 14. The number of ketones is 3. The third-order valence-corrected chi connectivity index (χ3v) is 28.4. The van der Waals surface area contributed by atoms with E-state index in [0.29, 0.717) is 95.4 Å². The number of fused-ring (bicyclic) bond motifs is 12. The third-order valence-electron chi connectivity index (χ3n) is 28.4. The molecule has 0 aromatic heterocycles. The molecule has 3 saturated heterocycles. The SMILES string of the molecule is CCCC(NC(=O)[C@@H]1C[C@@H]2CN1C(=O)[C@H](C1CCCCC1)NC(=O)Cc1cccc(c1)OCCCO2)C(=O)C(=O)NCC(=O)NCc1ccccc1.CCCC(NC(=O)[C@@H]1C[C@@H]2CN1C(=O)[C@H](C1CCCCC1)NC(=O)Cc1cccc(c1)OCCCO2)C(=O)C(=O)NCC(=O)NCc1ccccc1.CCCC(NC(=O)[C@@H]1C[C@@H]2CN1C(=O)[C@H](C1CCCCC1)NC(=O)Cc1cccc(c1)OCCCO2)C(=O)C(=O)NCC(=O)O. The van der Waals surface area contributed by atoms with E-state index >= 15 is 0 Å². The fraction of sp³-hybridized carbons (Fsp3) is 0.564. The molecule has 12 atom stereocenters. The molecule has 6 fully saturated rings. The number of carbonyl (C=O) groups is 18. The number of ether oxygens (including phenoxy) is 6. The molecule has 6 aliphatic heterocycles. The molecular weight excluding hydrogens is 1920 g/mol. The van der Waals surface area contributed by atoms with Crippen molar-refractivity contribution in [1.29, 1.82) is 0 Å². The first-order chi connectivity index (χ1) is 72.1. The van der Waals surface area contributed by atoms with Crippen molar-refractivity contribution < 1.29 is 120 Å². The molecule has 12 N–H and O–H groups in total. The number of hydrogen-bond acceptors (Lipinski definition) is 24. The molecule has 806 valence electrons. The van der Waals surface area contributed by atoms with Crippen molar-refractivity contribution >= 4 is 106 Å². The van der Waals surface area contributed by atoms with E-state index in [0.717, 1.165) is 124 Å². The van der Waals surface area contributed by atoms with Crippen molar-refractivity contribution in [3.8, 4) is 17.2 Å². The summed E-state index contributed by atoms with van der Waals surface area (Å²) in [7, 11) is 0. The summed E-state index contributed by atoms with van der Waals surface area (Å²) in [5.41, 5.74) is 4.04. The molecule has 3 saturated carbocycles. The maximum absolute atomic E-state index is 14.5. The van der Waals surface area contributed by atoms with E-state index in [2.05, 4.69) is 53.2 Å². The predicted molar refractivity (Wildman–Crippen MR) is 545 cm³/mol. The fourth-order valence-corrected chi connectivity index (χ4v) is 20.7. The van der Waals surface area contributed by atoms with Crippen LogP contribution in [0.3, 0.4) is 0 Å². The molecule has 39 nitrogen and oxygen atoms in total. The summed E-state index contributed by atoms with van der Waals surface area (Å²) < 4.78 is 36.0. The van der Waals surface area contributed by atoms with Gasteiger partial charge in [0.15, 0.2) is 0 Å². The Kier molecular flexibility index (Phi) is 45.2. The zero-order valence-electron chi connectivity index (χ0n) is 85.6. The topological polar surface area (TPSA) is 525 Å². The monoisotopic (exact) mass is 2060 g/mol. The summed E-state index contributed by atoms with van der Waals surface area (Å²) in [4.78, 5) is 243. The number of carboxylic acid groups (broad SMARTS) is 1. The van der Waals surface area contributed by atoms with Crippen LogP contribution in [0.2, 0.25) is 0 Å². The Morgan fingerprint density at radius 1 is 0.349 bits per heavy atom. The molecule has 12 bridgehead atoms. The van der Waals surface area contributed by atoms with E-state index in [4.69, 9.17) is 33.5 Å². The summed E-state index contributed by atoms with van der Waals surface area (Å²) in [6, 6.07) is 31.5. The zero-order valence-corrected chi connectivity index (χ0v) is 85.6. The van der Waals surface area contributed by atoms with E-state index in [9.17, 15) is 86.3 Å². The van der Waals surface area contributed by atoms with E-state index < -0.39 is 163 Å². The highest BCUT2D eigenvalue weighted by atomic mass is 16.5. The van der Waals surface area contributed by atoms with E-state index in [1.54, 1.807) is 6.92 Å². The minimum Gasteiger partial charge on any atom is -0.493 e. The summed E-state index contributed by atoms with van der Waals surface area (Å²) >= 11 is 0. The molecule has 39 heteroatoms. The Balaban J connectivity index is 0.000000199. The van der Waals surface area contributed by atoms with Crippen LogP contribution in [0, 0.1) is 17.8 Å². The summed E-state index contributed by atoms with van der Waals surface area (Å²) in [5, 5.41) is 38.2. The van der Waals surface area contributed by atoms with Crippen molar-refractivity contribution in [3.05, 3.63) is 161 Å². The molecule has 3 unspecified atom stereocenters. The van der Waals surface area contributed by atoms with Crippen LogP contribution in [0.25, 0.3) is 0 Å². The first-order valence-corrected chi connectivity index (χ1v) is 53.1. The van der Waals surface area contributed by atoms with Gasteiger partial charge in [-0.25, -0.2) is 0 Å². The maximum Gasteiger partial charge on any atom is 0.322 e. The number of Topliss-reactive ketones (excluding diaryl/α,β-unsaturated/α-hetero) is 3. The van der Waals surface area contributed by atoms with Gasteiger partial charge in [0.25, 0.3) is 17.7 Å². The lowest BCUT2D eigenvalue weighted by Gasteiger charge is -2.35. The van der Waals surface area contributed by atoms with Crippen molar-refractivity contribution in [1.82, 2.24) is 73.2 Å². The number of carbonyl (C=O) groups excluding carboxylic acids is 17. The minimum absolute atomic E-state index is 0.0636. The highest BCUT2D eigenvalue weighted by Gasteiger charge is 2.50. The third kappa shape index (κ3) is 35.3. The summed E-state index contributed by atoms with van der Waals surface area (Å²) in [6.45, 7) is 7.02. The average Bonchev–Trinajstić information content (AvgIpc) is 1.68. The Morgan fingerprint density at radius 2 is 0.638 bits per heavy atom. The lowest BCUT2D eigenvalue weighted by atomic mass is 9.83. The van der Waals surface area contributed by atoms with Crippen molar-refractivity contribution in [2.24, 2.45) is 17.8 Å². The Hall–Kier alpha value is -13.6. The molecule has 0 spiro atoms. The summed E-state index contributed by atoms with van der Waals surface area (Å²) in [6.07, 6.45) is 16.4. The second-order valence-corrected chi connectivity index (χ2v) is 39.7. The molecule has 5 aromatic rings. The molecule has 14 rings (SSSR count). The second kappa shape index (κ2) is 59.0. The molecule has 3 aliphatic carbocycles. The average molecular weight is 2060 g/mol. The quantitative estimate of drug-likeness (QED) is 0.0233. The Bertz CT molecular complexity index is 5170. The smallest absolute Gasteiger partial charge is 0.322 e. The van der Waals surface area contributed by atoms with E-state index in [1.165, 1.54) is 14.7 Å². The molecule has 5 aromatic carbocycles. The van der Waals surface area contributed by atoms with Crippen LogP contribution in [0.4, 0.5) is 0 Å². The number of nitrogens with zero attached hydrogens (tertiary/aromatic N) is 3. The minimum atomic E-state index is -1.31. The van der Waals surface area contributed by atoms with Gasteiger partial charge in [-0.2, -0.15) is 0 Å². The number of hydrogen-bond donors (Lipinski definition) is 12. The van der Waals surface area contributed by atoms with Crippen LogP contribution in [-0.2, 0) is 133 Å². The molecule has 149 heavy (non-hydrogen) atoms. The van der Waals surface area contributed by atoms with Gasteiger partial charge in [0, 0.05) is 71.2 Å². The fourth-order valence-electron chi connectivity index (χ4n) is 20.7. The number of aliphatic carboxylic acids is 1. The summed E-state index contributed by atoms with van der Waals surface area (Å²) in [5.74, 6) is -10.1. The van der Waals surface area contributed by atoms with E-state index in [-0.39, 0.29) is 144 Å². The van der Waals surface area contributed by atoms with Crippen LogP contribution < -0.4 is 72.7 Å². The Morgan fingerprint density at radius 3 is 0.919 bits per heavy atom. The molecule has 14 amide bonds. The van der Waals surface area contributed by atoms with Gasteiger partial charge in [0.1, 0.15) is 60.0 Å². The number of benzene rings is 5. The predicted octanol–water partition coefficient (Wildman–Crippen LogP) is 5.82. The largest absolute Gasteiger partial charge is 0.493 e. The van der Waals surface area contributed by atoms with Gasteiger partial charge in [-0.05, 0) is 140 Å². The normalized spacial score (nSPS) is 22.5. The van der Waals surface area contributed by atoms with Crippen LogP contribution in [0.1, 0.15) is 222 Å². The van der Waals surface area contributed by atoms with Gasteiger partial charge in [-0.15, -0.1) is 0 Å². The van der Waals surface area contributed by atoms with Crippen LogP contribution in [0.15, 0.2) is 133 Å². The van der Waals surface area contributed by atoms with Gasteiger partial charge >= 0.3 is 5.97 Å². The highest BCUT2D eigenvalue weighted by Crippen LogP contribution is 2.36. The van der Waals surface area contributed by atoms with Crippen LogP contribution in [-0.4, -0.2) is 277 Å². The highest BCUT2D eigenvalue weighted by molar-refractivity contribution is 6.40. The molecule has 0 radical (unpaired) electrons. The van der Waals surface area contributed by atoms with Crippen molar-refractivity contribution in [2.75, 3.05) is 78.9 Å². The van der Waals surface area contributed by atoms with Gasteiger partial charge < -0.3 is 107 Å². The lowest BCUT2D eigenvalue weighted by molar-refractivity contribution is -0.145. The van der Waals surface area contributed by atoms with Crippen LogP contribution >= 0.6 is 0 Å². The lowest BCUT2D eigenvalue weighted by Crippen LogP contribution is -2.58. The van der Waals surface area contributed by atoms with Gasteiger partial charge in [0.2, 0.25) is 82.3 Å². The number of carboxylic acids is 1.